The highest BCUT2D eigenvalue weighted by Crippen LogP contribution is 2.42. The Morgan fingerprint density at radius 2 is 1.66 bits per heavy atom. The minimum Gasteiger partial charge on any atom is -0.457 e. The lowest BCUT2D eigenvalue weighted by molar-refractivity contribution is -0.139. The van der Waals surface area contributed by atoms with Gasteiger partial charge in [-0.1, -0.05) is 6.07 Å². The Bertz CT molecular complexity index is 1350. The molecule has 0 amide bonds. The van der Waals surface area contributed by atoms with E-state index in [1.807, 2.05) is 4.98 Å². The van der Waals surface area contributed by atoms with Crippen molar-refractivity contribution in [3.8, 4) is 11.5 Å². The largest absolute Gasteiger partial charge is 0.457 e. The Balaban J connectivity index is 2.28. The van der Waals surface area contributed by atoms with Crippen LogP contribution in [0, 0.1) is 0 Å². The highest BCUT2D eigenvalue weighted by Gasteiger charge is 2.36. The number of rotatable bonds is 4. The molecule has 0 atom stereocenters. The third-order valence-corrected chi connectivity index (χ3v) is 4.75. The van der Waals surface area contributed by atoms with Gasteiger partial charge in [0.15, 0.2) is 0 Å². The molecule has 2 aromatic carbocycles. The Hall–Kier alpha value is -3.09. The van der Waals surface area contributed by atoms with E-state index < -0.39 is 71.0 Å². The number of ether oxygens (including phenoxy) is 1. The molecular formula is C17H11F6N2O6P. The number of fused-ring (bicyclic) bond motifs is 1. The minimum atomic E-state index is -5.10. The molecule has 0 spiro atoms. The summed E-state index contributed by atoms with van der Waals surface area (Å²) >= 11 is 0. The zero-order valence-corrected chi connectivity index (χ0v) is 16.3. The van der Waals surface area contributed by atoms with Crippen molar-refractivity contribution in [3.63, 3.8) is 0 Å². The van der Waals surface area contributed by atoms with Crippen LogP contribution in [0.1, 0.15) is 11.1 Å². The zero-order valence-electron chi connectivity index (χ0n) is 15.4. The summed E-state index contributed by atoms with van der Waals surface area (Å²) in [6, 6.07) is 3.85. The van der Waals surface area contributed by atoms with Gasteiger partial charge in [-0.15, -0.1) is 0 Å². The van der Waals surface area contributed by atoms with Crippen LogP contribution in [0.5, 0.6) is 11.5 Å². The van der Waals surface area contributed by atoms with E-state index in [0.29, 0.717) is 24.3 Å². The number of benzene rings is 2. The maximum Gasteiger partial charge on any atom is 0.420 e. The van der Waals surface area contributed by atoms with E-state index >= 15 is 0 Å². The number of alkyl halides is 6. The number of nitrogens with one attached hydrogen (secondary N) is 1. The molecule has 3 rings (SSSR count). The van der Waals surface area contributed by atoms with Gasteiger partial charge >= 0.3 is 31.1 Å². The second kappa shape index (κ2) is 7.80. The predicted octanol–water partition coefficient (Wildman–Crippen LogP) is 3.65. The van der Waals surface area contributed by atoms with Gasteiger partial charge in [-0.25, -0.2) is 0 Å². The third-order valence-electron chi connectivity index (χ3n) is 4.10. The molecule has 3 N–H and O–H groups in total. The molecule has 0 bridgehead atoms. The fourth-order valence-electron chi connectivity index (χ4n) is 2.79. The van der Waals surface area contributed by atoms with Crippen molar-refractivity contribution in [1.29, 1.82) is 0 Å². The van der Waals surface area contributed by atoms with E-state index in [1.54, 1.807) is 0 Å². The molecule has 0 aliphatic rings. The maximum absolute atomic E-state index is 13.6. The number of aromatic amines is 1. The lowest BCUT2D eigenvalue weighted by Crippen LogP contribution is -2.36. The van der Waals surface area contributed by atoms with Gasteiger partial charge in [0.1, 0.15) is 23.3 Å². The molecule has 172 valence electrons. The summed E-state index contributed by atoms with van der Waals surface area (Å²) in [6.07, 6.45) is -11.2. The highest BCUT2D eigenvalue weighted by atomic mass is 31.2. The van der Waals surface area contributed by atoms with Crippen LogP contribution in [0.3, 0.4) is 0 Å². The first-order valence-electron chi connectivity index (χ1n) is 8.34. The van der Waals surface area contributed by atoms with Gasteiger partial charge in [0.25, 0.3) is 0 Å². The van der Waals surface area contributed by atoms with Crippen molar-refractivity contribution >= 4 is 18.6 Å². The smallest absolute Gasteiger partial charge is 0.420 e. The van der Waals surface area contributed by atoms with Gasteiger partial charge in [-0.3, -0.25) is 18.7 Å². The lowest BCUT2D eigenvalue weighted by atomic mass is 10.1. The average Bonchev–Trinajstić information content (AvgIpc) is 2.63. The van der Waals surface area contributed by atoms with Gasteiger partial charge in [-0.05, 0) is 24.3 Å². The molecule has 32 heavy (non-hydrogen) atoms. The summed E-state index contributed by atoms with van der Waals surface area (Å²) in [4.78, 5) is 44.0. The van der Waals surface area contributed by atoms with Crippen molar-refractivity contribution in [2.75, 3.05) is 0 Å². The van der Waals surface area contributed by atoms with Crippen LogP contribution in [-0.4, -0.2) is 19.3 Å². The molecule has 8 nitrogen and oxygen atoms in total. The van der Waals surface area contributed by atoms with Gasteiger partial charge in [0.2, 0.25) is 0 Å². The van der Waals surface area contributed by atoms with Crippen LogP contribution in [0.4, 0.5) is 26.3 Å². The highest BCUT2D eigenvalue weighted by molar-refractivity contribution is 7.50. The molecule has 0 aliphatic carbocycles. The average molecular weight is 484 g/mol. The number of hydrogen-bond donors (Lipinski definition) is 3. The van der Waals surface area contributed by atoms with Crippen LogP contribution in [0.25, 0.3) is 11.0 Å². The number of aromatic nitrogens is 2. The fraction of sp³-hybridized carbons (Fsp3) is 0.176. The topological polar surface area (TPSA) is 122 Å². The first kappa shape index (κ1) is 23.6. The Kier molecular flexibility index (Phi) is 5.74. The minimum absolute atomic E-state index is 0.258. The van der Waals surface area contributed by atoms with E-state index in [0.717, 1.165) is 12.1 Å². The first-order valence-corrected chi connectivity index (χ1v) is 10.1. The number of halogens is 6. The van der Waals surface area contributed by atoms with E-state index in [4.69, 9.17) is 14.5 Å². The quantitative estimate of drug-likeness (QED) is 0.295. The van der Waals surface area contributed by atoms with E-state index in [-0.39, 0.29) is 4.57 Å². The maximum atomic E-state index is 13.6. The normalized spacial score (nSPS) is 12.9. The summed E-state index contributed by atoms with van der Waals surface area (Å²) in [5.74, 6) is -1.69. The molecule has 0 radical (unpaired) electrons. The van der Waals surface area contributed by atoms with Crippen molar-refractivity contribution in [2.45, 2.75) is 18.6 Å². The summed E-state index contributed by atoms with van der Waals surface area (Å²) < 4.78 is 96.0. The lowest BCUT2D eigenvalue weighted by Gasteiger charge is -2.17. The van der Waals surface area contributed by atoms with Gasteiger partial charge in [0, 0.05) is 6.07 Å². The fourth-order valence-corrected chi connectivity index (χ4v) is 3.44. The number of nitrogens with zero attached hydrogens (tertiary/aromatic N) is 1. The van der Waals surface area contributed by atoms with E-state index in [9.17, 15) is 40.5 Å². The van der Waals surface area contributed by atoms with Crippen molar-refractivity contribution in [3.05, 3.63) is 68.2 Å². The monoisotopic (exact) mass is 484 g/mol. The van der Waals surface area contributed by atoms with Gasteiger partial charge in [-0.2, -0.15) is 26.3 Å². The standard InChI is InChI=1S/C17H11F6N2O6P/c18-16(19,20)8-2-1-3-9(4-8)31-13-6-12-11(5-10(13)17(21,22)23)24-14(26)15(27)25(12)7-32(28,29)30/h1-6H,7H2,(H,24,26)(H2,28,29,30). The molecule has 15 heteroatoms. The summed E-state index contributed by atoms with van der Waals surface area (Å²) in [6.45, 7) is 0. The Morgan fingerprint density at radius 3 is 2.22 bits per heavy atom. The number of H-pyrrole nitrogens is 1. The molecule has 0 fully saturated rings. The van der Waals surface area contributed by atoms with Crippen LogP contribution in [-0.2, 0) is 23.2 Å². The van der Waals surface area contributed by atoms with Crippen LogP contribution >= 0.6 is 7.60 Å². The number of hydrogen-bond acceptors (Lipinski definition) is 4. The summed E-state index contributed by atoms with van der Waals surface area (Å²) in [5, 5.41) is 0. The van der Waals surface area contributed by atoms with Crippen molar-refractivity contribution < 1.29 is 45.4 Å². The van der Waals surface area contributed by atoms with Crippen molar-refractivity contribution in [2.24, 2.45) is 0 Å². The molecule has 3 aromatic rings. The van der Waals surface area contributed by atoms with Crippen molar-refractivity contribution in [1.82, 2.24) is 9.55 Å². The molecule has 0 saturated carbocycles. The van der Waals surface area contributed by atoms with Gasteiger partial charge in [0.05, 0.1) is 16.6 Å². The van der Waals surface area contributed by atoms with E-state index in [1.165, 1.54) is 0 Å². The van der Waals surface area contributed by atoms with Crippen LogP contribution in [0.2, 0.25) is 0 Å². The zero-order chi connectivity index (χ0) is 24.1. The van der Waals surface area contributed by atoms with Gasteiger partial charge < -0.3 is 19.5 Å². The Morgan fingerprint density at radius 1 is 1.00 bits per heavy atom. The second-order valence-corrected chi connectivity index (χ2v) is 8.10. The Labute approximate surface area is 172 Å². The predicted molar refractivity (Wildman–Crippen MR) is 97.4 cm³/mol. The molecule has 0 unspecified atom stereocenters. The molecule has 1 aromatic heterocycles. The first-order chi connectivity index (χ1) is 14.6. The molecular weight excluding hydrogens is 473 g/mol. The third kappa shape index (κ3) is 5.03. The molecule has 0 aliphatic heterocycles. The summed E-state index contributed by atoms with van der Waals surface area (Å²) in [5.41, 5.74) is -6.78. The van der Waals surface area contributed by atoms with E-state index in [2.05, 4.69) is 0 Å². The molecule has 0 saturated heterocycles. The molecule has 1 heterocycles. The SMILES string of the molecule is O=c1[nH]c2cc(C(F)(F)F)c(Oc3cccc(C(F)(F)F)c3)cc2n(CP(=O)(O)O)c1=O. The van der Waals surface area contributed by atoms with Crippen LogP contribution < -0.4 is 15.9 Å². The summed E-state index contributed by atoms with van der Waals surface area (Å²) in [7, 11) is -4.97. The second-order valence-electron chi connectivity index (χ2n) is 6.48. The van der Waals surface area contributed by atoms with Crippen LogP contribution in [0.15, 0.2) is 46.0 Å².